The van der Waals surface area contributed by atoms with Crippen LogP contribution >= 0.6 is 0 Å². The molecule has 2 aromatic carbocycles. The lowest BCUT2D eigenvalue weighted by Gasteiger charge is -2.26. The van der Waals surface area contributed by atoms with Gasteiger partial charge in [-0.1, -0.05) is 32.0 Å². The van der Waals surface area contributed by atoms with Crippen molar-refractivity contribution in [1.29, 1.82) is 0 Å². The van der Waals surface area contributed by atoms with Gasteiger partial charge >= 0.3 is 0 Å². The molecule has 0 heterocycles. The number of carbonyl (C=O) groups is 1. The zero-order valence-electron chi connectivity index (χ0n) is 19.0. The van der Waals surface area contributed by atoms with Crippen molar-refractivity contribution < 1.29 is 22.7 Å². The van der Waals surface area contributed by atoms with Gasteiger partial charge in [-0.15, -0.1) is 0 Å². The molecular weight excluding hydrogens is 416 g/mol. The van der Waals surface area contributed by atoms with E-state index < -0.39 is 15.9 Å². The molecule has 0 aliphatic heterocycles. The number of carbonyl (C=O) groups excluding carboxylic acids is 1. The molecular formula is C23H32N2O5S. The molecule has 0 saturated heterocycles. The Bertz CT molecular complexity index is 988. The van der Waals surface area contributed by atoms with Gasteiger partial charge in [0.15, 0.2) is 0 Å². The van der Waals surface area contributed by atoms with Crippen molar-refractivity contribution in [2.24, 2.45) is 5.92 Å². The van der Waals surface area contributed by atoms with Crippen molar-refractivity contribution in [3.63, 3.8) is 0 Å². The van der Waals surface area contributed by atoms with Crippen LogP contribution in [0.2, 0.25) is 0 Å². The SMILES string of the molecule is COc1ccc([C@@H](CC(C)C)NC(=O)CN(c2cc(C)ccc2OC)S(C)(=O)=O)cc1. The fraction of sp³-hybridized carbons (Fsp3) is 0.435. The zero-order chi connectivity index (χ0) is 23.2. The monoisotopic (exact) mass is 448 g/mol. The zero-order valence-corrected chi connectivity index (χ0v) is 19.8. The highest BCUT2D eigenvalue weighted by Crippen LogP contribution is 2.31. The average molecular weight is 449 g/mol. The summed E-state index contributed by atoms with van der Waals surface area (Å²) in [4.78, 5) is 13.0. The van der Waals surface area contributed by atoms with E-state index in [2.05, 4.69) is 19.2 Å². The van der Waals surface area contributed by atoms with Gasteiger partial charge in [0.25, 0.3) is 0 Å². The average Bonchev–Trinajstić information content (AvgIpc) is 2.70. The minimum absolute atomic E-state index is 0.251. The number of benzene rings is 2. The fourth-order valence-corrected chi connectivity index (χ4v) is 4.18. The normalized spacial score (nSPS) is 12.4. The molecule has 0 saturated carbocycles. The number of amides is 1. The van der Waals surface area contributed by atoms with Crippen LogP contribution in [0.15, 0.2) is 42.5 Å². The minimum Gasteiger partial charge on any atom is -0.497 e. The molecule has 0 fully saturated rings. The van der Waals surface area contributed by atoms with E-state index in [4.69, 9.17) is 9.47 Å². The van der Waals surface area contributed by atoms with Gasteiger partial charge in [0.2, 0.25) is 15.9 Å². The number of hydrogen-bond acceptors (Lipinski definition) is 5. The largest absolute Gasteiger partial charge is 0.497 e. The van der Waals surface area contributed by atoms with Crippen molar-refractivity contribution in [1.82, 2.24) is 5.32 Å². The summed E-state index contributed by atoms with van der Waals surface area (Å²) in [6, 6.07) is 12.5. The number of nitrogens with one attached hydrogen (secondary N) is 1. The summed E-state index contributed by atoms with van der Waals surface area (Å²) in [6.45, 7) is 5.65. The van der Waals surface area contributed by atoms with Crippen LogP contribution in [-0.2, 0) is 14.8 Å². The first-order valence-electron chi connectivity index (χ1n) is 10.1. The molecule has 7 nitrogen and oxygen atoms in total. The predicted molar refractivity (Wildman–Crippen MR) is 123 cm³/mol. The Labute approximate surface area is 185 Å². The quantitative estimate of drug-likeness (QED) is 0.599. The van der Waals surface area contributed by atoms with Gasteiger partial charge in [-0.3, -0.25) is 9.10 Å². The summed E-state index contributed by atoms with van der Waals surface area (Å²) in [7, 11) is -0.651. The third-order valence-corrected chi connectivity index (χ3v) is 5.98. The predicted octanol–water partition coefficient (Wildman–Crippen LogP) is 3.68. The molecule has 1 N–H and O–H groups in total. The van der Waals surface area contributed by atoms with E-state index in [1.807, 2.05) is 37.3 Å². The van der Waals surface area contributed by atoms with E-state index >= 15 is 0 Å². The third kappa shape index (κ3) is 6.89. The number of hydrogen-bond donors (Lipinski definition) is 1. The Balaban J connectivity index is 2.30. The van der Waals surface area contributed by atoms with Gasteiger partial charge < -0.3 is 14.8 Å². The Morgan fingerprint density at radius 3 is 2.23 bits per heavy atom. The Kier molecular flexibility index (Phi) is 8.33. The number of methoxy groups -OCH3 is 2. The molecule has 0 spiro atoms. The molecule has 1 atom stereocenters. The maximum atomic E-state index is 13.0. The first kappa shape index (κ1) is 24.5. The summed E-state index contributed by atoms with van der Waals surface area (Å²) >= 11 is 0. The molecule has 0 radical (unpaired) electrons. The Morgan fingerprint density at radius 1 is 1.06 bits per heavy atom. The Morgan fingerprint density at radius 2 is 1.71 bits per heavy atom. The molecule has 1 amide bonds. The highest BCUT2D eigenvalue weighted by molar-refractivity contribution is 7.92. The maximum absolute atomic E-state index is 13.0. The summed E-state index contributed by atoms with van der Waals surface area (Å²) in [5, 5.41) is 3.00. The van der Waals surface area contributed by atoms with Crippen molar-refractivity contribution in [3.8, 4) is 11.5 Å². The van der Waals surface area contributed by atoms with Gasteiger partial charge in [0.1, 0.15) is 18.0 Å². The van der Waals surface area contributed by atoms with Crippen LogP contribution in [0.5, 0.6) is 11.5 Å². The molecule has 0 aromatic heterocycles. The van der Waals surface area contributed by atoms with Crippen LogP contribution < -0.4 is 19.1 Å². The van der Waals surface area contributed by atoms with Crippen molar-refractivity contribution in [2.75, 3.05) is 31.3 Å². The number of nitrogens with zero attached hydrogens (tertiary/aromatic N) is 1. The molecule has 0 bridgehead atoms. The molecule has 8 heteroatoms. The fourth-order valence-electron chi connectivity index (χ4n) is 3.33. The highest BCUT2D eigenvalue weighted by atomic mass is 32.2. The van der Waals surface area contributed by atoms with Crippen LogP contribution in [0, 0.1) is 12.8 Å². The molecule has 0 aliphatic rings. The first-order valence-corrected chi connectivity index (χ1v) is 12.0. The van der Waals surface area contributed by atoms with Crippen LogP contribution in [-0.4, -0.2) is 41.3 Å². The summed E-state index contributed by atoms with van der Waals surface area (Å²) in [6.07, 6.45) is 1.79. The van der Waals surface area contributed by atoms with E-state index in [-0.39, 0.29) is 12.6 Å². The Hall–Kier alpha value is -2.74. The van der Waals surface area contributed by atoms with E-state index in [0.717, 1.165) is 27.4 Å². The third-order valence-electron chi connectivity index (χ3n) is 4.85. The van der Waals surface area contributed by atoms with E-state index in [1.54, 1.807) is 19.2 Å². The van der Waals surface area contributed by atoms with Crippen LogP contribution in [0.1, 0.15) is 37.4 Å². The molecule has 170 valence electrons. The number of sulfonamides is 1. The van der Waals surface area contributed by atoms with Gasteiger partial charge in [-0.25, -0.2) is 8.42 Å². The van der Waals surface area contributed by atoms with E-state index in [0.29, 0.717) is 23.8 Å². The number of rotatable bonds is 10. The number of anilines is 1. The molecule has 2 rings (SSSR count). The lowest BCUT2D eigenvalue weighted by Crippen LogP contribution is -2.42. The second-order valence-electron chi connectivity index (χ2n) is 7.97. The van der Waals surface area contributed by atoms with Crippen LogP contribution in [0.25, 0.3) is 0 Å². The van der Waals surface area contributed by atoms with Gasteiger partial charge in [-0.05, 0) is 54.7 Å². The topological polar surface area (TPSA) is 84.9 Å². The smallest absolute Gasteiger partial charge is 0.241 e. The maximum Gasteiger partial charge on any atom is 0.241 e. The highest BCUT2D eigenvalue weighted by Gasteiger charge is 2.26. The lowest BCUT2D eigenvalue weighted by atomic mass is 9.97. The number of ether oxygens (including phenoxy) is 2. The van der Waals surface area contributed by atoms with E-state index in [1.165, 1.54) is 7.11 Å². The van der Waals surface area contributed by atoms with E-state index in [9.17, 15) is 13.2 Å². The summed E-state index contributed by atoms with van der Waals surface area (Å²) in [5.74, 6) is 1.05. The second kappa shape index (κ2) is 10.5. The van der Waals surface area contributed by atoms with Crippen molar-refractivity contribution in [2.45, 2.75) is 33.2 Å². The molecule has 31 heavy (non-hydrogen) atoms. The minimum atomic E-state index is -3.72. The van der Waals surface area contributed by atoms with Gasteiger partial charge in [0, 0.05) is 0 Å². The standard InChI is InChI=1S/C23H32N2O5S/c1-16(2)13-20(18-8-10-19(29-4)11-9-18)24-23(26)15-25(31(6,27)28)21-14-17(3)7-12-22(21)30-5/h7-12,14,16,20H,13,15H2,1-6H3,(H,24,26)/t20-/m1/s1. The van der Waals surface area contributed by atoms with Crippen LogP contribution in [0.3, 0.4) is 0 Å². The van der Waals surface area contributed by atoms with Crippen LogP contribution in [0.4, 0.5) is 5.69 Å². The number of aryl methyl sites for hydroxylation is 1. The van der Waals surface area contributed by atoms with Crippen molar-refractivity contribution >= 4 is 21.6 Å². The first-order chi connectivity index (χ1) is 14.5. The molecule has 0 aliphatic carbocycles. The van der Waals surface area contributed by atoms with Gasteiger partial charge in [0.05, 0.1) is 32.2 Å². The van der Waals surface area contributed by atoms with Gasteiger partial charge in [-0.2, -0.15) is 0 Å². The molecule has 0 unspecified atom stereocenters. The summed E-state index contributed by atoms with van der Waals surface area (Å²) < 4.78 is 36.7. The molecule has 2 aromatic rings. The summed E-state index contributed by atoms with van der Waals surface area (Å²) in [5.41, 5.74) is 2.13. The lowest BCUT2D eigenvalue weighted by molar-refractivity contribution is -0.120. The van der Waals surface area contributed by atoms with Crippen molar-refractivity contribution in [3.05, 3.63) is 53.6 Å². The second-order valence-corrected chi connectivity index (χ2v) is 9.87.